The van der Waals surface area contributed by atoms with Crippen molar-refractivity contribution >= 4 is 45.8 Å². The molecule has 0 unspecified atom stereocenters. The van der Waals surface area contributed by atoms with Crippen molar-refractivity contribution in [3.05, 3.63) is 101 Å². The zero-order valence-electron chi connectivity index (χ0n) is 21.0. The normalized spacial score (nSPS) is 11.4. The summed E-state index contributed by atoms with van der Waals surface area (Å²) in [5.74, 6) is -0.184. The highest BCUT2D eigenvalue weighted by Crippen LogP contribution is 2.27. The molecule has 3 N–H and O–H groups in total. The number of carbonyl (C=O) groups is 1. The van der Waals surface area contributed by atoms with Crippen molar-refractivity contribution in [2.75, 3.05) is 23.0 Å². The van der Waals surface area contributed by atoms with E-state index >= 15 is 0 Å². The van der Waals surface area contributed by atoms with Crippen molar-refractivity contribution in [3.8, 4) is 6.07 Å². The molecule has 0 fully saturated rings. The summed E-state index contributed by atoms with van der Waals surface area (Å²) >= 11 is 0. The van der Waals surface area contributed by atoms with E-state index in [4.69, 9.17) is 0 Å². The molecule has 184 valence electrons. The van der Waals surface area contributed by atoms with E-state index in [1.54, 1.807) is 37.7 Å². The number of hydrogen-bond donors (Lipinski definition) is 3. The standard InChI is InChI=1S/C30H28N6O/c1-4-23(13-15-32-3)34-25-10-12-27(20(2)17-25)36-30(37)22-6-8-24(9-7-22)35-29-14-16-33-28-11-5-21(19-31)18-26(28)29/h5-18,34H,4H2,1-3H3,(H,33,35)(H,36,37)/b23-13+,32-15?. The summed E-state index contributed by atoms with van der Waals surface area (Å²) in [5.41, 5.74) is 7.31. The predicted octanol–water partition coefficient (Wildman–Crippen LogP) is 6.82. The summed E-state index contributed by atoms with van der Waals surface area (Å²) < 4.78 is 0. The van der Waals surface area contributed by atoms with E-state index in [9.17, 15) is 10.1 Å². The van der Waals surface area contributed by atoms with Gasteiger partial charge >= 0.3 is 0 Å². The predicted molar refractivity (Wildman–Crippen MR) is 152 cm³/mol. The monoisotopic (exact) mass is 488 g/mol. The van der Waals surface area contributed by atoms with Crippen LogP contribution in [0.2, 0.25) is 0 Å². The topological polar surface area (TPSA) is 102 Å². The number of pyridine rings is 1. The number of allylic oxidation sites excluding steroid dienone is 2. The van der Waals surface area contributed by atoms with Crippen molar-refractivity contribution in [1.29, 1.82) is 5.26 Å². The lowest BCUT2D eigenvalue weighted by Crippen LogP contribution is -2.13. The van der Waals surface area contributed by atoms with Gasteiger partial charge in [0.25, 0.3) is 5.91 Å². The summed E-state index contributed by atoms with van der Waals surface area (Å²) in [6, 6.07) is 22.5. The van der Waals surface area contributed by atoms with Crippen LogP contribution in [0, 0.1) is 18.3 Å². The van der Waals surface area contributed by atoms with Gasteiger partial charge in [-0.3, -0.25) is 14.8 Å². The summed E-state index contributed by atoms with van der Waals surface area (Å²) in [6.45, 7) is 4.04. The molecule has 37 heavy (non-hydrogen) atoms. The summed E-state index contributed by atoms with van der Waals surface area (Å²) in [6.07, 6.45) is 6.29. The molecule has 0 atom stereocenters. The Labute approximate surface area is 216 Å². The van der Waals surface area contributed by atoms with E-state index in [1.807, 2.05) is 61.5 Å². The molecule has 0 saturated heterocycles. The van der Waals surface area contributed by atoms with E-state index in [-0.39, 0.29) is 5.91 Å². The van der Waals surface area contributed by atoms with Gasteiger partial charge in [0.2, 0.25) is 0 Å². The first kappa shape index (κ1) is 25.1. The second-order valence-electron chi connectivity index (χ2n) is 8.47. The molecular weight excluding hydrogens is 460 g/mol. The Hall–Kier alpha value is -4.96. The molecule has 3 aromatic carbocycles. The Morgan fingerprint density at radius 1 is 1.00 bits per heavy atom. The highest BCUT2D eigenvalue weighted by molar-refractivity contribution is 6.05. The number of nitrogens with zero attached hydrogens (tertiary/aromatic N) is 3. The lowest BCUT2D eigenvalue weighted by molar-refractivity contribution is 0.102. The molecule has 0 spiro atoms. The van der Waals surface area contributed by atoms with Gasteiger partial charge < -0.3 is 16.0 Å². The molecule has 1 aromatic heterocycles. The average Bonchev–Trinajstić information content (AvgIpc) is 2.92. The van der Waals surface area contributed by atoms with E-state index in [0.717, 1.165) is 51.3 Å². The van der Waals surface area contributed by atoms with Crippen LogP contribution in [0.5, 0.6) is 0 Å². The van der Waals surface area contributed by atoms with Crippen LogP contribution in [0.25, 0.3) is 10.9 Å². The van der Waals surface area contributed by atoms with Crippen molar-refractivity contribution in [1.82, 2.24) is 4.98 Å². The molecule has 0 radical (unpaired) electrons. The van der Waals surface area contributed by atoms with Crippen molar-refractivity contribution in [2.45, 2.75) is 20.3 Å². The van der Waals surface area contributed by atoms with Crippen LogP contribution in [-0.2, 0) is 0 Å². The Kier molecular flexibility index (Phi) is 7.91. The number of rotatable bonds is 8. The van der Waals surface area contributed by atoms with Crippen LogP contribution in [0.15, 0.2) is 89.7 Å². The maximum absolute atomic E-state index is 12.9. The van der Waals surface area contributed by atoms with Crippen LogP contribution in [-0.4, -0.2) is 24.2 Å². The van der Waals surface area contributed by atoms with Crippen molar-refractivity contribution in [3.63, 3.8) is 0 Å². The molecule has 7 nitrogen and oxygen atoms in total. The van der Waals surface area contributed by atoms with E-state index in [2.05, 4.69) is 38.9 Å². The number of nitrogens with one attached hydrogen (secondary N) is 3. The number of benzene rings is 3. The molecule has 0 aliphatic rings. The SMILES string of the molecule is CC/C(=C\C=NC)Nc1ccc(NC(=O)c2ccc(Nc3ccnc4ccc(C#N)cc34)cc2)c(C)c1. The number of aryl methyl sites for hydroxylation is 1. The first-order chi connectivity index (χ1) is 18.0. The third-order valence-electron chi connectivity index (χ3n) is 5.88. The first-order valence-electron chi connectivity index (χ1n) is 12.0. The Morgan fingerprint density at radius 2 is 1.78 bits per heavy atom. The van der Waals surface area contributed by atoms with Gasteiger partial charge in [-0.15, -0.1) is 0 Å². The fraction of sp³-hybridized carbons (Fsp3) is 0.133. The number of aliphatic imine (C=N–C) groups is 1. The Balaban J connectivity index is 1.45. The number of aromatic nitrogens is 1. The molecule has 0 aliphatic carbocycles. The quantitative estimate of drug-likeness (QED) is 0.236. The van der Waals surface area contributed by atoms with Crippen molar-refractivity contribution < 1.29 is 4.79 Å². The van der Waals surface area contributed by atoms with Gasteiger partial charge in [-0.25, -0.2) is 0 Å². The second-order valence-corrected chi connectivity index (χ2v) is 8.47. The molecule has 1 amide bonds. The third-order valence-corrected chi connectivity index (χ3v) is 5.88. The minimum atomic E-state index is -0.184. The highest BCUT2D eigenvalue weighted by Gasteiger charge is 2.10. The summed E-state index contributed by atoms with van der Waals surface area (Å²) in [4.78, 5) is 21.3. The molecule has 1 heterocycles. The van der Waals surface area contributed by atoms with Gasteiger partial charge in [-0.2, -0.15) is 5.26 Å². The summed E-state index contributed by atoms with van der Waals surface area (Å²) in [5, 5.41) is 19.8. The molecule has 7 heteroatoms. The zero-order valence-corrected chi connectivity index (χ0v) is 21.0. The maximum atomic E-state index is 12.9. The Bertz CT molecular complexity index is 1530. The van der Waals surface area contributed by atoms with Gasteiger partial charge in [0.15, 0.2) is 0 Å². The molecule has 0 aliphatic heterocycles. The molecule has 4 aromatic rings. The van der Waals surface area contributed by atoms with Gasteiger partial charge in [0.1, 0.15) is 0 Å². The van der Waals surface area contributed by atoms with Crippen LogP contribution in [0.4, 0.5) is 22.7 Å². The van der Waals surface area contributed by atoms with Gasteiger partial charge in [-0.05, 0) is 91.7 Å². The molecule has 4 rings (SSSR count). The smallest absolute Gasteiger partial charge is 0.255 e. The maximum Gasteiger partial charge on any atom is 0.255 e. The number of amides is 1. The minimum Gasteiger partial charge on any atom is -0.359 e. The molecule has 0 saturated carbocycles. The fourth-order valence-electron chi connectivity index (χ4n) is 3.86. The van der Waals surface area contributed by atoms with Gasteiger partial charge in [-0.1, -0.05) is 6.92 Å². The second kappa shape index (κ2) is 11.6. The zero-order chi connectivity index (χ0) is 26.2. The first-order valence-corrected chi connectivity index (χ1v) is 12.0. The average molecular weight is 489 g/mol. The summed E-state index contributed by atoms with van der Waals surface area (Å²) in [7, 11) is 1.74. The number of nitriles is 1. The van der Waals surface area contributed by atoms with Crippen LogP contribution in [0.3, 0.4) is 0 Å². The van der Waals surface area contributed by atoms with Crippen LogP contribution < -0.4 is 16.0 Å². The number of fused-ring (bicyclic) bond motifs is 1. The van der Waals surface area contributed by atoms with Gasteiger partial charge in [0.05, 0.1) is 17.1 Å². The number of hydrogen-bond acceptors (Lipinski definition) is 6. The number of carbonyl (C=O) groups excluding carboxylic acids is 1. The molecular formula is C30H28N6O. The van der Waals surface area contributed by atoms with Gasteiger partial charge in [0, 0.05) is 58.9 Å². The van der Waals surface area contributed by atoms with E-state index in [0.29, 0.717) is 11.1 Å². The largest absolute Gasteiger partial charge is 0.359 e. The third kappa shape index (κ3) is 6.19. The van der Waals surface area contributed by atoms with E-state index in [1.165, 1.54) is 0 Å². The molecule has 0 bridgehead atoms. The highest BCUT2D eigenvalue weighted by atomic mass is 16.1. The minimum absolute atomic E-state index is 0.184. The number of anilines is 4. The lowest BCUT2D eigenvalue weighted by Gasteiger charge is -2.13. The van der Waals surface area contributed by atoms with Crippen molar-refractivity contribution in [2.24, 2.45) is 4.99 Å². The fourth-order valence-corrected chi connectivity index (χ4v) is 3.86. The van der Waals surface area contributed by atoms with Crippen LogP contribution in [0.1, 0.15) is 34.8 Å². The Morgan fingerprint density at radius 3 is 2.49 bits per heavy atom. The lowest BCUT2D eigenvalue weighted by atomic mass is 10.1. The van der Waals surface area contributed by atoms with E-state index < -0.39 is 0 Å². The van der Waals surface area contributed by atoms with Crippen LogP contribution >= 0.6 is 0 Å².